The minimum absolute atomic E-state index is 0.218. The number of ether oxygens (including phenoxy) is 1. The molecule has 0 spiro atoms. The molecule has 26 heavy (non-hydrogen) atoms. The van der Waals surface area contributed by atoms with Crippen molar-refractivity contribution in [3.63, 3.8) is 0 Å². The second-order valence-electron chi connectivity index (χ2n) is 6.34. The third-order valence-corrected chi connectivity index (χ3v) is 4.51. The first-order chi connectivity index (χ1) is 12.6. The van der Waals surface area contributed by atoms with Crippen LogP contribution in [0.15, 0.2) is 30.5 Å². The number of benzene rings is 1. The molecule has 0 bridgehead atoms. The lowest BCUT2D eigenvalue weighted by atomic mass is 9.90. The number of aromatic nitrogens is 2. The van der Waals surface area contributed by atoms with Crippen molar-refractivity contribution < 1.29 is 18.3 Å². The van der Waals surface area contributed by atoms with Gasteiger partial charge in [0.1, 0.15) is 11.6 Å². The SMILES string of the molecule is COCCn1ccc(NC(=O)N2CCC[C@H](c3cc(F)ccc3F)C2)n1. The summed E-state index contributed by atoms with van der Waals surface area (Å²) in [4.78, 5) is 14.1. The predicted molar refractivity (Wildman–Crippen MR) is 93.0 cm³/mol. The maximum absolute atomic E-state index is 14.0. The highest BCUT2D eigenvalue weighted by Crippen LogP contribution is 2.29. The molecular weight excluding hydrogens is 342 g/mol. The van der Waals surface area contributed by atoms with Crippen molar-refractivity contribution in [2.24, 2.45) is 0 Å². The Hall–Kier alpha value is -2.48. The smallest absolute Gasteiger partial charge is 0.323 e. The molecule has 140 valence electrons. The first-order valence-corrected chi connectivity index (χ1v) is 8.60. The van der Waals surface area contributed by atoms with Crippen molar-refractivity contribution in [3.8, 4) is 0 Å². The molecule has 1 N–H and O–H groups in total. The van der Waals surface area contributed by atoms with Crippen LogP contribution in [-0.2, 0) is 11.3 Å². The van der Waals surface area contributed by atoms with Gasteiger partial charge in [-0.05, 0) is 36.6 Å². The molecule has 1 aromatic heterocycles. The minimum atomic E-state index is -0.468. The average molecular weight is 364 g/mol. The van der Waals surface area contributed by atoms with Gasteiger partial charge < -0.3 is 9.64 Å². The van der Waals surface area contributed by atoms with Crippen LogP contribution in [0.2, 0.25) is 0 Å². The maximum Gasteiger partial charge on any atom is 0.323 e. The number of carbonyl (C=O) groups is 1. The summed E-state index contributed by atoms with van der Waals surface area (Å²) in [6, 6.07) is 4.88. The summed E-state index contributed by atoms with van der Waals surface area (Å²) in [5, 5.41) is 7.01. The highest BCUT2D eigenvalue weighted by molar-refractivity contribution is 5.88. The zero-order valence-corrected chi connectivity index (χ0v) is 14.6. The lowest BCUT2D eigenvalue weighted by Gasteiger charge is -2.33. The van der Waals surface area contributed by atoms with E-state index in [4.69, 9.17) is 4.74 Å². The van der Waals surface area contributed by atoms with Gasteiger partial charge in [0, 0.05) is 38.4 Å². The van der Waals surface area contributed by atoms with Gasteiger partial charge in [0.15, 0.2) is 5.82 Å². The highest BCUT2D eigenvalue weighted by atomic mass is 19.1. The number of anilines is 1. The molecule has 1 atom stereocenters. The Morgan fingerprint density at radius 3 is 3.04 bits per heavy atom. The third kappa shape index (κ3) is 4.37. The predicted octanol–water partition coefficient (Wildman–Crippen LogP) is 3.22. The normalized spacial score (nSPS) is 17.3. The van der Waals surface area contributed by atoms with Crippen molar-refractivity contribution in [3.05, 3.63) is 47.7 Å². The first kappa shape index (κ1) is 18.3. The maximum atomic E-state index is 14.0. The van der Waals surface area contributed by atoms with Crippen molar-refractivity contribution in [1.82, 2.24) is 14.7 Å². The summed E-state index contributed by atoms with van der Waals surface area (Å²) < 4.78 is 34.2. The van der Waals surface area contributed by atoms with Gasteiger partial charge in [0.2, 0.25) is 0 Å². The fourth-order valence-electron chi connectivity index (χ4n) is 3.17. The van der Waals surface area contributed by atoms with Gasteiger partial charge in [-0.25, -0.2) is 13.6 Å². The molecule has 0 saturated carbocycles. The lowest BCUT2D eigenvalue weighted by Crippen LogP contribution is -2.41. The molecule has 2 heterocycles. The molecule has 1 aliphatic heterocycles. The number of rotatable bonds is 5. The van der Waals surface area contributed by atoms with E-state index in [2.05, 4.69) is 10.4 Å². The minimum Gasteiger partial charge on any atom is -0.383 e. The van der Waals surface area contributed by atoms with Crippen LogP contribution in [0.5, 0.6) is 0 Å². The van der Waals surface area contributed by atoms with Gasteiger partial charge in [-0.2, -0.15) is 5.10 Å². The summed E-state index contributed by atoms with van der Waals surface area (Å²) in [5.41, 5.74) is 0.325. The number of methoxy groups -OCH3 is 1. The van der Waals surface area contributed by atoms with Crippen LogP contribution < -0.4 is 5.32 Å². The van der Waals surface area contributed by atoms with Crippen LogP contribution in [0.4, 0.5) is 19.4 Å². The molecule has 0 unspecified atom stereocenters. The van der Waals surface area contributed by atoms with Crippen molar-refractivity contribution >= 4 is 11.8 Å². The number of piperidine rings is 1. The molecule has 1 aliphatic rings. The van der Waals surface area contributed by atoms with E-state index in [1.54, 1.807) is 29.0 Å². The van der Waals surface area contributed by atoms with Crippen LogP contribution in [-0.4, -0.2) is 47.5 Å². The standard InChI is InChI=1S/C18H22F2N4O2/c1-26-10-9-24-8-6-17(22-24)21-18(25)23-7-2-3-13(12-23)15-11-14(19)4-5-16(15)20/h4-6,8,11,13H,2-3,7,9-10,12H2,1H3,(H,21,22,25)/t13-/m0/s1. The van der Waals surface area contributed by atoms with Crippen molar-refractivity contribution in [2.75, 3.05) is 32.1 Å². The van der Waals surface area contributed by atoms with Gasteiger partial charge in [0.25, 0.3) is 0 Å². The quantitative estimate of drug-likeness (QED) is 0.886. The van der Waals surface area contributed by atoms with Crippen molar-refractivity contribution in [1.29, 1.82) is 0 Å². The number of amides is 2. The van der Waals surface area contributed by atoms with Gasteiger partial charge in [0.05, 0.1) is 13.2 Å². The number of carbonyl (C=O) groups excluding carboxylic acids is 1. The third-order valence-electron chi connectivity index (χ3n) is 4.51. The van der Waals surface area contributed by atoms with Crippen LogP contribution in [0, 0.1) is 11.6 Å². The van der Waals surface area contributed by atoms with E-state index in [1.165, 1.54) is 6.07 Å². The van der Waals surface area contributed by atoms with E-state index >= 15 is 0 Å². The van der Waals surface area contributed by atoms with E-state index < -0.39 is 11.6 Å². The van der Waals surface area contributed by atoms with Crippen LogP contribution >= 0.6 is 0 Å². The molecular formula is C18H22F2N4O2. The molecule has 2 aromatic rings. The molecule has 1 aromatic carbocycles. The molecule has 1 fully saturated rings. The number of likely N-dealkylation sites (tertiary alicyclic amines) is 1. The summed E-state index contributed by atoms with van der Waals surface area (Å²) in [6.07, 6.45) is 3.21. The molecule has 3 rings (SSSR count). The summed E-state index contributed by atoms with van der Waals surface area (Å²) in [5.74, 6) is -0.672. The molecule has 1 saturated heterocycles. The average Bonchev–Trinajstić information content (AvgIpc) is 3.09. The van der Waals surface area contributed by atoms with E-state index in [9.17, 15) is 13.6 Å². The first-order valence-electron chi connectivity index (χ1n) is 8.60. The molecule has 0 radical (unpaired) electrons. The fourth-order valence-corrected chi connectivity index (χ4v) is 3.17. The summed E-state index contributed by atoms with van der Waals surface area (Å²) >= 11 is 0. The molecule has 0 aliphatic carbocycles. The van der Waals surface area contributed by atoms with Gasteiger partial charge in [-0.15, -0.1) is 0 Å². The summed E-state index contributed by atoms with van der Waals surface area (Å²) in [7, 11) is 1.61. The number of hydrogen-bond acceptors (Lipinski definition) is 3. The topological polar surface area (TPSA) is 59.4 Å². The number of nitrogens with zero attached hydrogens (tertiary/aromatic N) is 3. The monoisotopic (exact) mass is 364 g/mol. The Kier molecular flexibility index (Phi) is 5.82. The number of halogens is 2. The number of urea groups is 1. The van der Waals surface area contributed by atoms with Crippen LogP contribution in [0.25, 0.3) is 0 Å². The highest BCUT2D eigenvalue weighted by Gasteiger charge is 2.27. The Bertz CT molecular complexity index is 765. The Labute approximate surface area is 150 Å². The fraction of sp³-hybridized carbons (Fsp3) is 0.444. The molecule has 2 amide bonds. The summed E-state index contributed by atoms with van der Waals surface area (Å²) in [6.45, 7) is 2.04. The van der Waals surface area contributed by atoms with E-state index in [0.29, 0.717) is 37.6 Å². The Morgan fingerprint density at radius 2 is 2.23 bits per heavy atom. The van der Waals surface area contributed by atoms with E-state index in [0.717, 1.165) is 25.0 Å². The second-order valence-corrected chi connectivity index (χ2v) is 6.34. The van der Waals surface area contributed by atoms with Crippen LogP contribution in [0.3, 0.4) is 0 Å². The molecule has 8 heteroatoms. The lowest BCUT2D eigenvalue weighted by molar-refractivity contribution is 0.183. The zero-order valence-electron chi connectivity index (χ0n) is 14.6. The Morgan fingerprint density at radius 1 is 1.38 bits per heavy atom. The van der Waals surface area contributed by atoms with Crippen LogP contribution in [0.1, 0.15) is 24.3 Å². The van der Waals surface area contributed by atoms with Gasteiger partial charge in [-0.1, -0.05) is 0 Å². The zero-order chi connectivity index (χ0) is 18.5. The van der Waals surface area contributed by atoms with Crippen molar-refractivity contribution in [2.45, 2.75) is 25.3 Å². The van der Waals surface area contributed by atoms with Gasteiger partial charge in [-0.3, -0.25) is 10.00 Å². The van der Waals surface area contributed by atoms with Gasteiger partial charge >= 0.3 is 6.03 Å². The Balaban J connectivity index is 1.62. The number of hydrogen-bond donors (Lipinski definition) is 1. The number of nitrogens with one attached hydrogen (secondary N) is 1. The van der Waals surface area contributed by atoms with E-state index in [1.807, 2.05) is 0 Å². The largest absolute Gasteiger partial charge is 0.383 e. The molecule has 6 nitrogen and oxygen atoms in total. The van der Waals surface area contributed by atoms with E-state index in [-0.39, 0.29) is 11.9 Å². The second kappa shape index (κ2) is 8.27.